The van der Waals surface area contributed by atoms with Gasteiger partial charge in [0.05, 0.1) is 0 Å². The van der Waals surface area contributed by atoms with Gasteiger partial charge < -0.3 is 10.6 Å². The van der Waals surface area contributed by atoms with Gasteiger partial charge in [0.1, 0.15) is 0 Å². The number of nitrogen functional groups attached to an aromatic ring is 1. The molecule has 1 amide bonds. The first-order valence-electron chi connectivity index (χ1n) is 8.28. The van der Waals surface area contributed by atoms with E-state index in [9.17, 15) is 4.79 Å². The lowest BCUT2D eigenvalue weighted by molar-refractivity contribution is -0.138. The molecule has 2 fully saturated rings. The number of carbonyl (C=O) groups excluding carboxylic acids is 1. The van der Waals surface area contributed by atoms with Crippen molar-refractivity contribution in [1.82, 2.24) is 4.90 Å². The highest BCUT2D eigenvalue weighted by Gasteiger charge is 2.36. The number of nitrogens with zero attached hydrogens (tertiary/aromatic N) is 1. The van der Waals surface area contributed by atoms with E-state index < -0.39 is 0 Å². The van der Waals surface area contributed by atoms with Gasteiger partial charge in [0.2, 0.25) is 5.91 Å². The lowest BCUT2D eigenvalue weighted by Crippen LogP contribution is -2.38. The van der Waals surface area contributed by atoms with Crippen LogP contribution in [0.3, 0.4) is 0 Å². The van der Waals surface area contributed by atoms with Gasteiger partial charge >= 0.3 is 0 Å². The summed E-state index contributed by atoms with van der Waals surface area (Å²) in [4.78, 5) is 15.0. The van der Waals surface area contributed by atoms with Crippen molar-refractivity contribution in [3.63, 3.8) is 0 Å². The van der Waals surface area contributed by atoms with Crippen LogP contribution in [0, 0.1) is 11.8 Å². The Kier molecular flexibility index (Phi) is 4.18. The average molecular weight is 286 g/mol. The quantitative estimate of drug-likeness (QED) is 0.860. The summed E-state index contributed by atoms with van der Waals surface area (Å²) in [7, 11) is 0. The van der Waals surface area contributed by atoms with E-state index in [1.54, 1.807) is 0 Å². The largest absolute Gasteiger partial charge is 0.399 e. The molecule has 2 N–H and O–H groups in total. The zero-order chi connectivity index (χ0) is 14.8. The smallest absolute Gasteiger partial charge is 0.226 e. The third kappa shape index (κ3) is 3.58. The normalized spacial score (nSPS) is 25.6. The number of carbonyl (C=O) groups is 1. The summed E-state index contributed by atoms with van der Waals surface area (Å²) in [5.74, 6) is 1.42. The van der Waals surface area contributed by atoms with E-state index in [1.165, 1.54) is 12.8 Å². The van der Waals surface area contributed by atoms with E-state index >= 15 is 0 Å². The monoisotopic (exact) mass is 286 g/mol. The molecule has 0 heterocycles. The van der Waals surface area contributed by atoms with Crippen LogP contribution in [-0.4, -0.2) is 16.8 Å². The van der Waals surface area contributed by atoms with Crippen molar-refractivity contribution in [2.75, 3.05) is 5.73 Å². The molecule has 3 heteroatoms. The van der Waals surface area contributed by atoms with E-state index in [0.29, 0.717) is 11.9 Å². The van der Waals surface area contributed by atoms with Crippen molar-refractivity contribution >= 4 is 11.6 Å². The van der Waals surface area contributed by atoms with Crippen LogP contribution in [0.2, 0.25) is 0 Å². The van der Waals surface area contributed by atoms with Crippen LogP contribution in [0.5, 0.6) is 0 Å². The van der Waals surface area contributed by atoms with Crippen molar-refractivity contribution in [2.45, 2.75) is 58.0 Å². The zero-order valence-electron chi connectivity index (χ0n) is 12.9. The van der Waals surface area contributed by atoms with Crippen LogP contribution in [0.4, 0.5) is 5.69 Å². The Morgan fingerprint density at radius 2 is 1.90 bits per heavy atom. The number of rotatable bonds is 4. The fraction of sp³-hybridized carbons (Fsp3) is 0.611. The Labute approximate surface area is 127 Å². The summed E-state index contributed by atoms with van der Waals surface area (Å²) >= 11 is 0. The van der Waals surface area contributed by atoms with Gasteiger partial charge in [-0.2, -0.15) is 0 Å². The standard InChI is InChI=1S/C18H26N2O/c1-13-5-7-15(8-6-13)18(21)20(17-9-10-17)12-14-3-2-4-16(19)11-14/h2-4,11,13,15,17H,5-10,12,19H2,1H3. The lowest BCUT2D eigenvalue weighted by Gasteiger charge is -2.31. The van der Waals surface area contributed by atoms with Crippen molar-refractivity contribution in [3.05, 3.63) is 29.8 Å². The molecule has 114 valence electrons. The number of amides is 1. The molecule has 0 aliphatic heterocycles. The van der Waals surface area contributed by atoms with Crippen molar-refractivity contribution in [1.29, 1.82) is 0 Å². The highest BCUT2D eigenvalue weighted by Crippen LogP contribution is 2.34. The molecule has 0 bridgehead atoms. The third-order valence-electron chi connectivity index (χ3n) is 4.94. The molecule has 3 nitrogen and oxygen atoms in total. The maximum Gasteiger partial charge on any atom is 0.226 e. The first-order chi connectivity index (χ1) is 10.1. The molecule has 0 spiro atoms. The second-order valence-electron chi connectivity index (χ2n) is 6.90. The molecule has 0 saturated heterocycles. The van der Waals surface area contributed by atoms with Gasteiger partial charge in [-0.15, -0.1) is 0 Å². The van der Waals surface area contributed by atoms with Crippen molar-refractivity contribution < 1.29 is 4.79 Å². The van der Waals surface area contributed by atoms with Crippen LogP contribution >= 0.6 is 0 Å². The predicted octanol–water partition coefficient (Wildman–Crippen LogP) is 3.59. The molecule has 0 radical (unpaired) electrons. The van der Waals surface area contributed by atoms with Gasteiger partial charge in [0.25, 0.3) is 0 Å². The Balaban J connectivity index is 1.68. The van der Waals surface area contributed by atoms with Gasteiger partial charge in [-0.3, -0.25) is 4.79 Å². The highest BCUT2D eigenvalue weighted by atomic mass is 16.2. The fourth-order valence-corrected chi connectivity index (χ4v) is 3.40. The Bertz CT molecular complexity index is 502. The summed E-state index contributed by atoms with van der Waals surface area (Å²) < 4.78 is 0. The maximum atomic E-state index is 12.9. The number of anilines is 1. The molecule has 0 aromatic heterocycles. The molecule has 0 unspecified atom stereocenters. The molecule has 3 rings (SSSR count). The minimum absolute atomic E-state index is 0.253. The predicted molar refractivity (Wildman–Crippen MR) is 85.5 cm³/mol. The van der Waals surface area contributed by atoms with Crippen LogP contribution in [0.15, 0.2) is 24.3 Å². The van der Waals surface area contributed by atoms with Gasteiger partial charge in [-0.05, 0) is 62.1 Å². The Morgan fingerprint density at radius 3 is 2.52 bits per heavy atom. The summed E-state index contributed by atoms with van der Waals surface area (Å²) in [6.45, 7) is 3.02. The second-order valence-corrected chi connectivity index (χ2v) is 6.90. The number of hydrogen-bond acceptors (Lipinski definition) is 2. The van der Waals surface area contributed by atoms with Crippen LogP contribution in [-0.2, 0) is 11.3 Å². The molecular formula is C18H26N2O. The number of hydrogen-bond donors (Lipinski definition) is 1. The van der Waals surface area contributed by atoms with Gasteiger partial charge in [0, 0.05) is 24.2 Å². The van der Waals surface area contributed by atoms with Gasteiger partial charge in [-0.1, -0.05) is 19.1 Å². The molecule has 2 aliphatic carbocycles. The maximum absolute atomic E-state index is 12.9. The second kappa shape index (κ2) is 6.08. The highest BCUT2D eigenvalue weighted by molar-refractivity contribution is 5.79. The Morgan fingerprint density at radius 1 is 1.19 bits per heavy atom. The van der Waals surface area contributed by atoms with Crippen LogP contribution in [0.1, 0.15) is 51.0 Å². The zero-order valence-corrected chi connectivity index (χ0v) is 12.9. The topological polar surface area (TPSA) is 46.3 Å². The summed E-state index contributed by atoms with van der Waals surface area (Å²) in [5, 5.41) is 0. The molecule has 21 heavy (non-hydrogen) atoms. The molecule has 2 aliphatic rings. The summed E-state index contributed by atoms with van der Waals surface area (Å²) in [5.41, 5.74) is 7.79. The first-order valence-corrected chi connectivity index (χ1v) is 8.28. The molecule has 0 atom stereocenters. The first kappa shape index (κ1) is 14.4. The van der Waals surface area contributed by atoms with Crippen LogP contribution < -0.4 is 5.73 Å². The van der Waals surface area contributed by atoms with Crippen molar-refractivity contribution in [2.24, 2.45) is 11.8 Å². The number of benzene rings is 1. The van der Waals surface area contributed by atoms with E-state index in [-0.39, 0.29) is 5.92 Å². The third-order valence-corrected chi connectivity index (χ3v) is 4.94. The molecule has 1 aromatic carbocycles. The van der Waals surface area contributed by atoms with E-state index in [2.05, 4.69) is 17.9 Å². The summed E-state index contributed by atoms with van der Waals surface area (Å²) in [6, 6.07) is 8.41. The SMILES string of the molecule is CC1CCC(C(=O)N(Cc2cccc(N)c2)C2CC2)CC1. The van der Waals surface area contributed by atoms with Gasteiger partial charge in [0.15, 0.2) is 0 Å². The minimum atomic E-state index is 0.253. The van der Waals surface area contributed by atoms with Gasteiger partial charge in [-0.25, -0.2) is 0 Å². The van der Waals surface area contributed by atoms with E-state index in [0.717, 1.165) is 49.4 Å². The average Bonchev–Trinajstić information content (AvgIpc) is 3.29. The molecule has 2 saturated carbocycles. The molecule has 1 aromatic rings. The minimum Gasteiger partial charge on any atom is -0.399 e. The van der Waals surface area contributed by atoms with E-state index in [1.807, 2.05) is 18.2 Å². The Hall–Kier alpha value is -1.51. The fourth-order valence-electron chi connectivity index (χ4n) is 3.40. The number of nitrogens with two attached hydrogens (primary N) is 1. The van der Waals surface area contributed by atoms with Crippen LogP contribution in [0.25, 0.3) is 0 Å². The summed E-state index contributed by atoms with van der Waals surface area (Å²) in [6.07, 6.45) is 6.87. The van der Waals surface area contributed by atoms with Crippen molar-refractivity contribution in [3.8, 4) is 0 Å². The van der Waals surface area contributed by atoms with E-state index in [4.69, 9.17) is 5.73 Å². The lowest BCUT2D eigenvalue weighted by atomic mass is 9.82. The molecular weight excluding hydrogens is 260 g/mol.